The predicted molar refractivity (Wildman–Crippen MR) is 67.4 cm³/mol. The van der Waals surface area contributed by atoms with Gasteiger partial charge in [0.05, 0.1) is 5.02 Å². The summed E-state index contributed by atoms with van der Waals surface area (Å²) in [5.41, 5.74) is 2.44. The first-order valence-electron chi connectivity index (χ1n) is 5.81. The molecule has 0 aromatic heterocycles. The molecular weight excluding hydrogens is 222 g/mol. The Labute approximate surface area is 102 Å². The van der Waals surface area contributed by atoms with Crippen LogP contribution in [0, 0.1) is 13.8 Å². The minimum atomic E-state index is 0.306. The molecule has 1 aliphatic heterocycles. The lowest BCUT2D eigenvalue weighted by atomic mass is 10.1. The van der Waals surface area contributed by atoms with E-state index in [0.29, 0.717) is 6.10 Å². The van der Waals surface area contributed by atoms with Crippen molar-refractivity contribution in [1.82, 2.24) is 5.32 Å². The molecule has 0 unspecified atom stereocenters. The Bertz CT molecular complexity index is 372. The maximum atomic E-state index is 6.18. The smallest absolute Gasteiger partial charge is 0.138 e. The van der Waals surface area contributed by atoms with Crippen LogP contribution in [0.15, 0.2) is 12.1 Å². The first-order valence-corrected chi connectivity index (χ1v) is 6.19. The monoisotopic (exact) mass is 239 g/mol. The second-order valence-electron chi connectivity index (χ2n) is 4.43. The van der Waals surface area contributed by atoms with Crippen molar-refractivity contribution in [1.29, 1.82) is 0 Å². The molecule has 2 rings (SSSR count). The molecule has 1 heterocycles. The second-order valence-corrected chi connectivity index (χ2v) is 4.84. The zero-order valence-electron chi connectivity index (χ0n) is 9.85. The van der Waals surface area contributed by atoms with E-state index in [0.717, 1.165) is 36.7 Å². The average molecular weight is 240 g/mol. The molecular formula is C13H18ClNO. The van der Waals surface area contributed by atoms with Gasteiger partial charge in [-0.2, -0.15) is 0 Å². The van der Waals surface area contributed by atoms with Crippen molar-refractivity contribution in [2.75, 3.05) is 13.1 Å². The van der Waals surface area contributed by atoms with Gasteiger partial charge in [0.1, 0.15) is 11.9 Å². The van der Waals surface area contributed by atoms with Gasteiger partial charge in [0.15, 0.2) is 0 Å². The van der Waals surface area contributed by atoms with E-state index in [2.05, 4.69) is 19.2 Å². The van der Waals surface area contributed by atoms with Crippen LogP contribution in [-0.2, 0) is 0 Å². The maximum Gasteiger partial charge on any atom is 0.138 e. The van der Waals surface area contributed by atoms with Crippen molar-refractivity contribution >= 4 is 11.6 Å². The molecule has 0 atom stereocenters. The minimum absolute atomic E-state index is 0.306. The molecule has 0 bridgehead atoms. The first kappa shape index (κ1) is 11.7. The van der Waals surface area contributed by atoms with Crippen molar-refractivity contribution in [2.45, 2.75) is 32.8 Å². The summed E-state index contributed by atoms with van der Waals surface area (Å²) >= 11 is 6.18. The molecule has 0 aliphatic carbocycles. The van der Waals surface area contributed by atoms with Gasteiger partial charge in [0.2, 0.25) is 0 Å². The van der Waals surface area contributed by atoms with Gasteiger partial charge < -0.3 is 10.1 Å². The van der Waals surface area contributed by atoms with Crippen molar-refractivity contribution < 1.29 is 4.74 Å². The highest BCUT2D eigenvalue weighted by atomic mass is 35.5. The normalized spacial score (nSPS) is 17.4. The van der Waals surface area contributed by atoms with Crippen molar-refractivity contribution in [3.05, 3.63) is 28.3 Å². The topological polar surface area (TPSA) is 21.3 Å². The Kier molecular flexibility index (Phi) is 3.72. The Hall–Kier alpha value is -0.730. The summed E-state index contributed by atoms with van der Waals surface area (Å²) in [6, 6.07) is 4.02. The van der Waals surface area contributed by atoms with Crippen LogP contribution in [0.5, 0.6) is 5.75 Å². The molecule has 1 aliphatic rings. The van der Waals surface area contributed by atoms with Gasteiger partial charge in [0, 0.05) is 0 Å². The Morgan fingerprint density at radius 2 is 1.81 bits per heavy atom. The fourth-order valence-electron chi connectivity index (χ4n) is 1.94. The number of ether oxygens (including phenoxy) is 1. The molecule has 0 saturated carbocycles. The van der Waals surface area contributed by atoms with Crippen LogP contribution in [0.4, 0.5) is 0 Å². The van der Waals surface area contributed by atoms with Crippen LogP contribution >= 0.6 is 11.6 Å². The van der Waals surface area contributed by atoms with Crippen LogP contribution in [0.25, 0.3) is 0 Å². The molecule has 0 radical (unpaired) electrons. The van der Waals surface area contributed by atoms with Crippen molar-refractivity contribution in [3.63, 3.8) is 0 Å². The summed E-state index contributed by atoms with van der Waals surface area (Å²) in [5, 5.41) is 4.05. The lowest BCUT2D eigenvalue weighted by Crippen LogP contribution is -2.34. The fraction of sp³-hybridized carbons (Fsp3) is 0.538. The Morgan fingerprint density at radius 1 is 1.19 bits per heavy atom. The predicted octanol–water partition coefficient (Wildman–Crippen LogP) is 3.09. The summed E-state index contributed by atoms with van der Waals surface area (Å²) in [6.45, 7) is 6.22. The zero-order valence-corrected chi connectivity index (χ0v) is 10.6. The number of benzene rings is 1. The van der Waals surface area contributed by atoms with E-state index in [1.54, 1.807) is 0 Å². The van der Waals surface area contributed by atoms with Gasteiger partial charge in [-0.25, -0.2) is 0 Å². The highest BCUT2D eigenvalue weighted by Crippen LogP contribution is 2.29. The molecule has 1 N–H and O–H groups in total. The van der Waals surface area contributed by atoms with Gasteiger partial charge in [-0.15, -0.1) is 0 Å². The zero-order chi connectivity index (χ0) is 11.5. The molecule has 1 fully saturated rings. The van der Waals surface area contributed by atoms with Gasteiger partial charge in [-0.05, 0) is 63.0 Å². The Morgan fingerprint density at radius 3 is 2.50 bits per heavy atom. The molecule has 3 heteroatoms. The third-order valence-electron chi connectivity index (χ3n) is 3.13. The van der Waals surface area contributed by atoms with Gasteiger partial charge >= 0.3 is 0 Å². The molecule has 1 saturated heterocycles. The summed E-state index contributed by atoms with van der Waals surface area (Å²) < 4.78 is 5.95. The van der Waals surface area contributed by atoms with E-state index < -0.39 is 0 Å². The van der Waals surface area contributed by atoms with Crippen LogP contribution in [-0.4, -0.2) is 19.2 Å². The van der Waals surface area contributed by atoms with Crippen molar-refractivity contribution in [2.24, 2.45) is 0 Å². The molecule has 1 aromatic rings. The molecule has 1 aromatic carbocycles. The first-order chi connectivity index (χ1) is 7.66. The third kappa shape index (κ3) is 2.69. The molecule has 2 nitrogen and oxygen atoms in total. The minimum Gasteiger partial charge on any atom is -0.489 e. The van der Waals surface area contributed by atoms with Gasteiger partial charge in [-0.3, -0.25) is 0 Å². The van der Waals surface area contributed by atoms with E-state index in [-0.39, 0.29) is 0 Å². The summed E-state index contributed by atoms with van der Waals surface area (Å²) in [6.07, 6.45) is 2.42. The summed E-state index contributed by atoms with van der Waals surface area (Å²) in [5.74, 6) is 0.830. The van der Waals surface area contributed by atoms with E-state index in [9.17, 15) is 0 Å². The number of nitrogens with one attached hydrogen (secondary N) is 1. The number of hydrogen-bond donors (Lipinski definition) is 1. The van der Waals surface area contributed by atoms with Crippen molar-refractivity contribution in [3.8, 4) is 5.75 Å². The number of halogens is 1. The van der Waals surface area contributed by atoms with Crippen LogP contribution in [0.2, 0.25) is 5.02 Å². The largest absolute Gasteiger partial charge is 0.489 e. The quantitative estimate of drug-likeness (QED) is 0.857. The van der Waals surface area contributed by atoms with Crippen LogP contribution in [0.3, 0.4) is 0 Å². The molecule has 16 heavy (non-hydrogen) atoms. The van der Waals surface area contributed by atoms with Crippen LogP contribution < -0.4 is 10.1 Å². The average Bonchev–Trinajstić information content (AvgIpc) is 2.27. The van der Waals surface area contributed by atoms with E-state index in [1.807, 2.05) is 12.1 Å². The lowest BCUT2D eigenvalue weighted by Gasteiger charge is -2.24. The highest BCUT2D eigenvalue weighted by molar-refractivity contribution is 6.32. The molecule has 0 amide bonds. The Balaban J connectivity index is 2.11. The SMILES string of the molecule is Cc1cc(Cl)c(OC2CCNCC2)cc1C. The standard InChI is InChI=1S/C13H18ClNO/c1-9-7-12(14)13(8-10(9)2)16-11-3-5-15-6-4-11/h7-8,11,15H,3-6H2,1-2H3. The number of piperidine rings is 1. The maximum absolute atomic E-state index is 6.18. The fourth-order valence-corrected chi connectivity index (χ4v) is 2.20. The number of hydrogen-bond acceptors (Lipinski definition) is 2. The van der Waals surface area contributed by atoms with Gasteiger partial charge in [0.25, 0.3) is 0 Å². The molecule has 0 spiro atoms. The summed E-state index contributed by atoms with van der Waals surface area (Å²) in [4.78, 5) is 0. The van der Waals surface area contributed by atoms with E-state index in [1.165, 1.54) is 11.1 Å². The van der Waals surface area contributed by atoms with Crippen LogP contribution in [0.1, 0.15) is 24.0 Å². The third-order valence-corrected chi connectivity index (χ3v) is 3.42. The van der Waals surface area contributed by atoms with Gasteiger partial charge in [-0.1, -0.05) is 11.6 Å². The van der Waals surface area contributed by atoms with E-state index in [4.69, 9.17) is 16.3 Å². The van der Waals surface area contributed by atoms with E-state index >= 15 is 0 Å². The lowest BCUT2D eigenvalue weighted by molar-refractivity contribution is 0.162. The highest BCUT2D eigenvalue weighted by Gasteiger charge is 2.16. The summed E-state index contributed by atoms with van der Waals surface area (Å²) in [7, 11) is 0. The second kappa shape index (κ2) is 5.07. The molecule has 88 valence electrons. The number of aryl methyl sites for hydroxylation is 2. The number of rotatable bonds is 2.